The van der Waals surface area contributed by atoms with Crippen molar-refractivity contribution >= 4 is 29.0 Å². The van der Waals surface area contributed by atoms with Crippen molar-refractivity contribution in [2.24, 2.45) is 0 Å². The van der Waals surface area contributed by atoms with Crippen LogP contribution in [-0.2, 0) is 0 Å². The standard InChI is InChI=1S/C16H14ClNO2/c1-11-9-13(15(19)10-17)7-8-14(11)18-16(20)12-5-3-2-4-6-12/h2-9H,10H2,1H3,(H,18,20). The minimum absolute atomic E-state index is 0.0465. The molecule has 0 radical (unpaired) electrons. The molecule has 0 atom stereocenters. The van der Waals surface area contributed by atoms with Gasteiger partial charge in [-0.15, -0.1) is 11.6 Å². The van der Waals surface area contributed by atoms with E-state index in [0.29, 0.717) is 16.8 Å². The molecule has 0 unspecified atom stereocenters. The van der Waals surface area contributed by atoms with Crippen LogP contribution in [0.1, 0.15) is 26.3 Å². The van der Waals surface area contributed by atoms with Crippen molar-refractivity contribution in [2.75, 3.05) is 11.2 Å². The zero-order valence-corrected chi connectivity index (χ0v) is 11.8. The molecule has 102 valence electrons. The summed E-state index contributed by atoms with van der Waals surface area (Å²) in [6.45, 7) is 1.84. The summed E-state index contributed by atoms with van der Waals surface area (Å²) in [6.07, 6.45) is 0. The minimum Gasteiger partial charge on any atom is -0.322 e. The van der Waals surface area contributed by atoms with Crippen molar-refractivity contribution in [1.29, 1.82) is 0 Å². The molecule has 0 bridgehead atoms. The van der Waals surface area contributed by atoms with Gasteiger partial charge in [0.2, 0.25) is 0 Å². The lowest BCUT2D eigenvalue weighted by Crippen LogP contribution is -2.13. The van der Waals surface area contributed by atoms with Gasteiger partial charge in [0.1, 0.15) is 0 Å². The van der Waals surface area contributed by atoms with E-state index in [4.69, 9.17) is 11.6 Å². The van der Waals surface area contributed by atoms with E-state index in [1.807, 2.05) is 25.1 Å². The highest BCUT2D eigenvalue weighted by Gasteiger charge is 2.09. The van der Waals surface area contributed by atoms with Crippen molar-refractivity contribution in [3.63, 3.8) is 0 Å². The quantitative estimate of drug-likeness (QED) is 0.689. The van der Waals surface area contributed by atoms with Gasteiger partial charge in [-0.3, -0.25) is 9.59 Å². The molecular weight excluding hydrogens is 274 g/mol. The van der Waals surface area contributed by atoms with Gasteiger partial charge in [-0.2, -0.15) is 0 Å². The number of Topliss-reactive ketones (excluding diaryl/α,β-unsaturated/α-hetero) is 1. The Morgan fingerprint density at radius 2 is 1.75 bits per heavy atom. The van der Waals surface area contributed by atoms with E-state index in [1.165, 1.54) is 0 Å². The fourth-order valence-electron chi connectivity index (χ4n) is 1.84. The normalized spacial score (nSPS) is 10.1. The maximum absolute atomic E-state index is 12.0. The molecule has 2 aromatic carbocycles. The number of carbonyl (C=O) groups excluding carboxylic acids is 2. The topological polar surface area (TPSA) is 46.2 Å². The first-order chi connectivity index (χ1) is 9.61. The molecule has 0 saturated heterocycles. The van der Waals surface area contributed by atoms with Gasteiger partial charge in [-0.25, -0.2) is 0 Å². The zero-order chi connectivity index (χ0) is 14.5. The molecule has 4 heteroatoms. The van der Waals surface area contributed by atoms with Gasteiger partial charge in [-0.05, 0) is 42.8 Å². The van der Waals surface area contributed by atoms with Crippen LogP contribution in [0.4, 0.5) is 5.69 Å². The van der Waals surface area contributed by atoms with Gasteiger partial charge in [0.25, 0.3) is 5.91 Å². The third kappa shape index (κ3) is 3.25. The summed E-state index contributed by atoms with van der Waals surface area (Å²) in [5.74, 6) is -0.351. The van der Waals surface area contributed by atoms with Crippen molar-refractivity contribution in [1.82, 2.24) is 0 Å². The number of alkyl halides is 1. The lowest BCUT2D eigenvalue weighted by atomic mass is 10.1. The molecule has 0 spiro atoms. The Hall–Kier alpha value is -2.13. The Labute approximate surface area is 122 Å². The Bertz CT molecular complexity index is 638. The molecule has 0 aliphatic carbocycles. The first-order valence-corrected chi connectivity index (χ1v) is 6.71. The Morgan fingerprint density at radius 3 is 2.35 bits per heavy atom. The van der Waals surface area contributed by atoms with Crippen molar-refractivity contribution in [3.05, 3.63) is 65.2 Å². The van der Waals surface area contributed by atoms with Crippen LogP contribution in [0.3, 0.4) is 0 Å². The number of hydrogen-bond acceptors (Lipinski definition) is 2. The molecule has 0 aliphatic heterocycles. The number of carbonyl (C=O) groups is 2. The van der Waals surface area contributed by atoms with Crippen molar-refractivity contribution in [2.45, 2.75) is 6.92 Å². The highest BCUT2D eigenvalue weighted by Crippen LogP contribution is 2.18. The van der Waals surface area contributed by atoms with Crippen LogP contribution in [-0.4, -0.2) is 17.6 Å². The van der Waals surface area contributed by atoms with Crippen molar-refractivity contribution < 1.29 is 9.59 Å². The second kappa shape index (κ2) is 6.35. The average Bonchev–Trinajstić information content (AvgIpc) is 2.49. The molecule has 0 heterocycles. The number of hydrogen-bond donors (Lipinski definition) is 1. The number of ketones is 1. The summed E-state index contributed by atoms with van der Waals surface area (Å²) in [5, 5.41) is 2.83. The lowest BCUT2D eigenvalue weighted by Gasteiger charge is -2.09. The number of aryl methyl sites for hydroxylation is 1. The molecule has 3 nitrogen and oxygen atoms in total. The van der Waals surface area contributed by atoms with E-state index in [2.05, 4.69) is 5.32 Å². The summed E-state index contributed by atoms with van der Waals surface area (Å²) in [6, 6.07) is 14.1. The van der Waals surface area contributed by atoms with Crippen LogP contribution >= 0.6 is 11.6 Å². The molecule has 2 rings (SSSR count). The number of halogens is 1. The van der Waals surface area contributed by atoms with Gasteiger partial charge in [-0.1, -0.05) is 18.2 Å². The number of nitrogens with one attached hydrogen (secondary N) is 1. The SMILES string of the molecule is Cc1cc(C(=O)CCl)ccc1NC(=O)c1ccccc1. The monoisotopic (exact) mass is 287 g/mol. The number of rotatable bonds is 4. The highest BCUT2D eigenvalue weighted by atomic mass is 35.5. The molecule has 0 saturated carbocycles. The number of benzene rings is 2. The first kappa shape index (κ1) is 14.3. The highest BCUT2D eigenvalue weighted by molar-refractivity contribution is 6.30. The van der Waals surface area contributed by atoms with Crippen LogP contribution in [0.25, 0.3) is 0 Å². The molecule has 20 heavy (non-hydrogen) atoms. The molecular formula is C16H14ClNO2. The van der Waals surface area contributed by atoms with Gasteiger partial charge in [0.15, 0.2) is 5.78 Å². The largest absolute Gasteiger partial charge is 0.322 e. The Morgan fingerprint density at radius 1 is 1.05 bits per heavy atom. The van der Waals surface area contributed by atoms with Gasteiger partial charge >= 0.3 is 0 Å². The molecule has 2 aromatic rings. The van der Waals surface area contributed by atoms with Crippen LogP contribution in [0, 0.1) is 6.92 Å². The van der Waals surface area contributed by atoms with Crippen LogP contribution in [0.15, 0.2) is 48.5 Å². The van der Waals surface area contributed by atoms with Gasteiger partial charge in [0.05, 0.1) is 5.88 Å². The number of amides is 1. The molecule has 1 N–H and O–H groups in total. The Balaban J connectivity index is 2.18. The van der Waals surface area contributed by atoms with Crippen molar-refractivity contribution in [3.8, 4) is 0 Å². The third-order valence-electron chi connectivity index (χ3n) is 2.95. The van der Waals surface area contributed by atoms with E-state index < -0.39 is 0 Å². The maximum atomic E-state index is 12.0. The van der Waals surface area contributed by atoms with E-state index in [0.717, 1.165) is 5.56 Å². The van der Waals surface area contributed by atoms with Crippen LogP contribution in [0.2, 0.25) is 0 Å². The summed E-state index contributed by atoms with van der Waals surface area (Å²) in [5.41, 5.74) is 2.65. The predicted octanol–water partition coefficient (Wildman–Crippen LogP) is 3.67. The van der Waals surface area contributed by atoms with E-state index in [9.17, 15) is 9.59 Å². The van der Waals surface area contributed by atoms with E-state index >= 15 is 0 Å². The second-order valence-electron chi connectivity index (χ2n) is 4.41. The zero-order valence-electron chi connectivity index (χ0n) is 11.0. The summed E-state index contributed by atoms with van der Waals surface area (Å²) in [7, 11) is 0. The van der Waals surface area contributed by atoms with Gasteiger partial charge in [0, 0.05) is 16.8 Å². The summed E-state index contributed by atoms with van der Waals surface area (Å²) < 4.78 is 0. The fraction of sp³-hybridized carbons (Fsp3) is 0.125. The molecule has 1 amide bonds. The first-order valence-electron chi connectivity index (χ1n) is 6.18. The van der Waals surface area contributed by atoms with E-state index in [1.54, 1.807) is 30.3 Å². The third-order valence-corrected chi connectivity index (χ3v) is 3.20. The minimum atomic E-state index is -0.176. The fourth-order valence-corrected chi connectivity index (χ4v) is 1.99. The van der Waals surface area contributed by atoms with Gasteiger partial charge < -0.3 is 5.32 Å². The summed E-state index contributed by atoms with van der Waals surface area (Å²) in [4.78, 5) is 23.5. The average molecular weight is 288 g/mol. The maximum Gasteiger partial charge on any atom is 0.255 e. The molecule has 0 aromatic heterocycles. The van der Waals surface area contributed by atoms with Crippen LogP contribution < -0.4 is 5.32 Å². The lowest BCUT2D eigenvalue weighted by molar-refractivity contribution is 0.101. The smallest absolute Gasteiger partial charge is 0.255 e. The second-order valence-corrected chi connectivity index (χ2v) is 4.67. The molecule has 0 fully saturated rings. The van der Waals surface area contributed by atoms with Crippen LogP contribution in [0.5, 0.6) is 0 Å². The Kier molecular flexibility index (Phi) is 4.53. The predicted molar refractivity (Wildman–Crippen MR) is 80.6 cm³/mol. The number of anilines is 1. The summed E-state index contributed by atoms with van der Waals surface area (Å²) >= 11 is 5.52. The van der Waals surface area contributed by atoms with E-state index in [-0.39, 0.29) is 17.6 Å². The molecule has 0 aliphatic rings.